The summed E-state index contributed by atoms with van der Waals surface area (Å²) in [5, 5.41) is 7.06. The minimum absolute atomic E-state index is 0.191. The monoisotopic (exact) mass is 365 g/mol. The molecule has 27 heavy (non-hydrogen) atoms. The number of amides is 1. The Hall–Kier alpha value is -3.22. The third kappa shape index (κ3) is 4.91. The molecule has 7 heteroatoms. The molecule has 3 aromatic rings. The fourth-order valence-corrected chi connectivity index (χ4v) is 2.52. The van der Waals surface area contributed by atoms with Gasteiger partial charge >= 0.3 is 0 Å². The van der Waals surface area contributed by atoms with Gasteiger partial charge in [-0.15, -0.1) is 0 Å². The molecule has 0 saturated heterocycles. The third-order valence-corrected chi connectivity index (χ3v) is 3.93. The maximum Gasteiger partial charge on any atom is 0.253 e. The van der Waals surface area contributed by atoms with Gasteiger partial charge in [-0.25, -0.2) is 4.98 Å². The molecule has 0 aliphatic carbocycles. The zero-order valence-corrected chi connectivity index (χ0v) is 15.7. The number of pyridine rings is 2. The van der Waals surface area contributed by atoms with Crippen LogP contribution in [-0.4, -0.2) is 32.3 Å². The summed E-state index contributed by atoms with van der Waals surface area (Å²) < 4.78 is 7.32. The van der Waals surface area contributed by atoms with Crippen LogP contribution in [0.25, 0.3) is 11.3 Å². The molecule has 0 aromatic carbocycles. The highest BCUT2D eigenvalue weighted by atomic mass is 16.5. The van der Waals surface area contributed by atoms with Crippen molar-refractivity contribution in [3.63, 3.8) is 0 Å². The second-order valence-electron chi connectivity index (χ2n) is 6.69. The molecule has 0 radical (unpaired) electrons. The van der Waals surface area contributed by atoms with Crippen molar-refractivity contribution in [1.82, 2.24) is 25.1 Å². The van der Waals surface area contributed by atoms with Crippen molar-refractivity contribution in [2.24, 2.45) is 13.0 Å². The van der Waals surface area contributed by atoms with Gasteiger partial charge in [-0.2, -0.15) is 5.10 Å². The number of ether oxygens (including phenoxy) is 1. The predicted molar refractivity (Wildman–Crippen MR) is 102 cm³/mol. The van der Waals surface area contributed by atoms with E-state index in [0.717, 1.165) is 16.8 Å². The number of nitrogens with one attached hydrogen (secondary N) is 1. The Labute approximate surface area is 158 Å². The lowest BCUT2D eigenvalue weighted by Gasteiger charge is -2.09. The first-order chi connectivity index (χ1) is 13.0. The zero-order valence-electron chi connectivity index (χ0n) is 15.7. The number of aromatic nitrogens is 4. The molecule has 3 rings (SSSR count). The van der Waals surface area contributed by atoms with Crippen LogP contribution in [0, 0.1) is 5.92 Å². The average Bonchev–Trinajstić information content (AvgIpc) is 3.11. The molecule has 0 atom stereocenters. The van der Waals surface area contributed by atoms with Gasteiger partial charge in [-0.1, -0.05) is 13.8 Å². The Morgan fingerprint density at radius 2 is 2.07 bits per heavy atom. The van der Waals surface area contributed by atoms with Gasteiger partial charge in [0.15, 0.2) is 0 Å². The van der Waals surface area contributed by atoms with E-state index in [4.69, 9.17) is 4.74 Å². The molecule has 0 bridgehead atoms. The molecule has 0 spiro atoms. The molecule has 7 nitrogen and oxygen atoms in total. The van der Waals surface area contributed by atoms with Crippen molar-refractivity contribution >= 4 is 5.91 Å². The average molecular weight is 365 g/mol. The second-order valence-corrected chi connectivity index (χ2v) is 6.69. The lowest BCUT2D eigenvalue weighted by atomic mass is 10.1. The number of rotatable bonds is 7. The van der Waals surface area contributed by atoms with Crippen molar-refractivity contribution in [2.75, 3.05) is 6.61 Å². The maximum atomic E-state index is 12.3. The van der Waals surface area contributed by atoms with Crippen LogP contribution < -0.4 is 10.1 Å². The first-order valence-corrected chi connectivity index (χ1v) is 8.82. The quantitative estimate of drug-likeness (QED) is 0.696. The molecular weight excluding hydrogens is 342 g/mol. The van der Waals surface area contributed by atoms with Gasteiger partial charge in [0, 0.05) is 50.0 Å². The minimum Gasteiger partial charge on any atom is -0.477 e. The van der Waals surface area contributed by atoms with E-state index in [1.54, 1.807) is 35.4 Å². The summed E-state index contributed by atoms with van der Waals surface area (Å²) in [5.74, 6) is 0.752. The van der Waals surface area contributed by atoms with Crippen molar-refractivity contribution in [2.45, 2.75) is 20.4 Å². The molecule has 0 saturated carbocycles. The Balaban J connectivity index is 1.60. The molecule has 1 N–H and O–H groups in total. The Bertz CT molecular complexity index is 903. The van der Waals surface area contributed by atoms with Crippen LogP contribution in [0.5, 0.6) is 5.88 Å². The fraction of sp³-hybridized carbons (Fsp3) is 0.300. The van der Waals surface area contributed by atoms with Crippen LogP contribution in [0.2, 0.25) is 0 Å². The first kappa shape index (κ1) is 18.6. The number of carbonyl (C=O) groups excluding carboxylic acids is 1. The smallest absolute Gasteiger partial charge is 0.253 e. The number of hydrogen-bond donors (Lipinski definition) is 1. The molecular formula is C20H23N5O2. The van der Waals surface area contributed by atoms with E-state index in [2.05, 4.69) is 34.2 Å². The predicted octanol–water partition coefficient (Wildman–Crippen LogP) is 2.84. The van der Waals surface area contributed by atoms with Crippen molar-refractivity contribution in [1.29, 1.82) is 0 Å². The Kier molecular flexibility index (Phi) is 5.80. The third-order valence-electron chi connectivity index (χ3n) is 3.93. The van der Waals surface area contributed by atoms with Crippen LogP contribution >= 0.6 is 0 Å². The molecule has 0 aliphatic heterocycles. The summed E-state index contributed by atoms with van der Waals surface area (Å²) in [7, 11) is 1.88. The molecule has 0 fully saturated rings. The van der Waals surface area contributed by atoms with E-state index in [9.17, 15) is 4.79 Å². The van der Waals surface area contributed by atoms with Crippen LogP contribution in [0.1, 0.15) is 29.8 Å². The number of carbonyl (C=O) groups is 1. The van der Waals surface area contributed by atoms with E-state index in [1.165, 1.54) is 6.20 Å². The van der Waals surface area contributed by atoms with Crippen LogP contribution in [-0.2, 0) is 13.6 Å². The summed E-state index contributed by atoms with van der Waals surface area (Å²) in [6.07, 6.45) is 6.78. The standard InChI is InChI=1S/C20H23N5O2/c1-14(2)13-27-19-5-4-16(12-22-19)20(26)23-10-15-8-17(11-21-9-15)18-6-7-24-25(18)3/h4-9,11-12,14H,10,13H2,1-3H3,(H,23,26). The lowest BCUT2D eigenvalue weighted by Crippen LogP contribution is -2.23. The van der Waals surface area contributed by atoms with Gasteiger partial charge in [-0.05, 0) is 29.7 Å². The van der Waals surface area contributed by atoms with E-state index in [1.807, 2.05) is 19.2 Å². The molecule has 0 unspecified atom stereocenters. The summed E-state index contributed by atoms with van der Waals surface area (Å²) in [4.78, 5) is 20.8. The topological polar surface area (TPSA) is 81.9 Å². The molecule has 1 amide bonds. The number of hydrogen-bond acceptors (Lipinski definition) is 5. The summed E-state index contributed by atoms with van der Waals surface area (Å²) in [5.41, 5.74) is 3.32. The van der Waals surface area contributed by atoms with Crippen molar-refractivity contribution < 1.29 is 9.53 Å². The summed E-state index contributed by atoms with van der Waals surface area (Å²) in [6, 6.07) is 7.34. The van der Waals surface area contributed by atoms with Gasteiger partial charge < -0.3 is 10.1 Å². The highest BCUT2D eigenvalue weighted by Gasteiger charge is 2.09. The van der Waals surface area contributed by atoms with Crippen LogP contribution in [0.3, 0.4) is 0 Å². The van der Waals surface area contributed by atoms with Crippen LogP contribution in [0.15, 0.2) is 49.1 Å². The highest BCUT2D eigenvalue weighted by molar-refractivity contribution is 5.93. The number of aryl methyl sites for hydroxylation is 1. The maximum absolute atomic E-state index is 12.3. The second kappa shape index (κ2) is 8.44. The summed E-state index contributed by atoms with van der Waals surface area (Å²) >= 11 is 0. The molecule has 140 valence electrons. The number of nitrogens with zero attached hydrogens (tertiary/aromatic N) is 4. The van der Waals surface area contributed by atoms with E-state index in [0.29, 0.717) is 30.5 Å². The first-order valence-electron chi connectivity index (χ1n) is 8.82. The van der Waals surface area contributed by atoms with Gasteiger partial charge in [0.2, 0.25) is 5.88 Å². The van der Waals surface area contributed by atoms with E-state index in [-0.39, 0.29) is 5.91 Å². The van der Waals surface area contributed by atoms with Gasteiger partial charge in [-0.3, -0.25) is 14.5 Å². The van der Waals surface area contributed by atoms with Crippen molar-refractivity contribution in [3.05, 3.63) is 60.2 Å². The van der Waals surface area contributed by atoms with E-state index >= 15 is 0 Å². The van der Waals surface area contributed by atoms with Gasteiger partial charge in [0.05, 0.1) is 17.9 Å². The van der Waals surface area contributed by atoms with Gasteiger partial charge in [0.1, 0.15) is 0 Å². The van der Waals surface area contributed by atoms with Gasteiger partial charge in [0.25, 0.3) is 5.91 Å². The summed E-state index contributed by atoms with van der Waals surface area (Å²) in [6.45, 7) is 5.11. The highest BCUT2D eigenvalue weighted by Crippen LogP contribution is 2.18. The largest absolute Gasteiger partial charge is 0.477 e. The van der Waals surface area contributed by atoms with Crippen LogP contribution in [0.4, 0.5) is 0 Å². The Morgan fingerprint density at radius 1 is 1.22 bits per heavy atom. The zero-order chi connectivity index (χ0) is 19.2. The lowest BCUT2D eigenvalue weighted by molar-refractivity contribution is 0.0950. The fourth-order valence-electron chi connectivity index (χ4n) is 2.52. The van der Waals surface area contributed by atoms with Crippen molar-refractivity contribution in [3.8, 4) is 17.1 Å². The molecule has 0 aliphatic rings. The molecule has 3 heterocycles. The SMILES string of the molecule is CC(C)COc1ccc(C(=O)NCc2cncc(-c3ccnn3C)c2)cn1. The minimum atomic E-state index is -0.191. The molecule has 3 aromatic heterocycles. The Morgan fingerprint density at radius 3 is 2.74 bits per heavy atom. The van der Waals surface area contributed by atoms with E-state index < -0.39 is 0 Å². The normalized spacial score (nSPS) is 10.8.